The second-order valence-electron chi connectivity index (χ2n) is 6.00. The summed E-state index contributed by atoms with van der Waals surface area (Å²) < 4.78 is 0. The van der Waals surface area contributed by atoms with Gasteiger partial charge in [-0.2, -0.15) is 0 Å². The van der Waals surface area contributed by atoms with E-state index in [0.29, 0.717) is 13.1 Å². The zero-order valence-electron chi connectivity index (χ0n) is 14.3. The number of guanidine groups is 1. The number of rotatable bonds is 6. The van der Waals surface area contributed by atoms with Crippen molar-refractivity contribution in [3.05, 3.63) is 30.1 Å². The van der Waals surface area contributed by atoms with E-state index in [-0.39, 0.29) is 35.3 Å². The van der Waals surface area contributed by atoms with Gasteiger partial charge in [-0.1, -0.05) is 26.8 Å². The molecule has 0 saturated carbocycles. The quantitative estimate of drug-likeness (QED) is 0.276. The van der Waals surface area contributed by atoms with Gasteiger partial charge in [0, 0.05) is 50.4 Å². The van der Waals surface area contributed by atoms with Gasteiger partial charge in [-0.3, -0.25) is 14.8 Å². The molecule has 0 spiro atoms. The van der Waals surface area contributed by atoms with Crippen molar-refractivity contribution in [3.63, 3.8) is 0 Å². The Hall–Kier alpha value is -1.38. The molecular formula is C16H28IN5O. The molecule has 7 heteroatoms. The lowest BCUT2D eigenvalue weighted by Gasteiger charge is -2.18. The third-order valence-corrected chi connectivity index (χ3v) is 3.01. The number of amides is 1. The molecule has 0 aliphatic carbocycles. The van der Waals surface area contributed by atoms with Crippen LogP contribution in [0, 0.1) is 5.41 Å². The van der Waals surface area contributed by atoms with Gasteiger partial charge in [0.25, 0.3) is 0 Å². The average molecular weight is 433 g/mol. The van der Waals surface area contributed by atoms with E-state index in [1.165, 1.54) is 0 Å². The van der Waals surface area contributed by atoms with Crippen molar-refractivity contribution in [1.82, 2.24) is 20.9 Å². The smallest absolute Gasteiger partial charge is 0.225 e. The minimum Gasteiger partial charge on any atom is -0.356 e. The van der Waals surface area contributed by atoms with Gasteiger partial charge in [0.2, 0.25) is 5.91 Å². The number of pyridine rings is 1. The number of hydrogen-bond acceptors (Lipinski definition) is 3. The van der Waals surface area contributed by atoms with Crippen molar-refractivity contribution in [2.24, 2.45) is 10.4 Å². The van der Waals surface area contributed by atoms with Crippen molar-refractivity contribution in [2.75, 3.05) is 26.7 Å². The van der Waals surface area contributed by atoms with E-state index in [2.05, 4.69) is 25.9 Å². The van der Waals surface area contributed by atoms with Gasteiger partial charge in [0.1, 0.15) is 0 Å². The molecule has 0 radical (unpaired) electrons. The summed E-state index contributed by atoms with van der Waals surface area (Å²) in [7, 11) is 1.73. The molecule has 0 unspecified atom stereocenters. The van der Waals surface area contributed by atoms with Crippen LogP contribution >= 0.6 is 24.0 Å². The Balaban J connectivity index is 0.00000484. The van der Waals surface area contributed by atoms with Crippen molar-refractivity contribution < 1.29 is 4.79 Å². The zero-order chi connectivity index (χ0) is 16.4. The summed E-state index contributed by atoms with van der Waals surface area (Å²) in [6.45, 7) is 7.64. The van der Waals surface area contributed by atoms with Crippen LogP contribution in [0.3, 0.4) is 0 Å². The van der Waals surface area contributed by atoms with Crippen LogP contribution in [0.2, 0.25) is 0 Å². The average Bonchev–Trinajstić information content (AvgIpc) is 2.49. The number of carbonyl (C=O) groups excluding carboxylic acids is 1. The molecule has 0 atom stereocenters. The number of nitrogens with one attached hydrogen (secondary N) is 3. The van der Waals surface area contributed by atoms with Crippen LogP contribution < -0.4 is 16.0 Å². The Labute approximate surface area is 156 Å². The summed E-state index contributed by atoms with van der Waals surface area (Å²) in [5.74, 6) is 0.772. The molecule has 1 heterocycles. The standard InChI is InChI=1S/C16H27N5O.HI/c1-16(2,3)14(22)19-11-12-21-15(17-4)20-10-8-13-7-5-6-9-18-13;/h5-7,9H,8,10-12H2,1-4H3,(H,19,22)(H2,17,20,21);1H. The Bertz CT molecular complexity index is 485. The third kappa shape index (κ3) is 9.37. The summed E-state index contributed by atoms with van der Waals surface area (Å²) in [6.07, 6.45) is 2.63. The van der Waals surface area contributed by atoms with Gasteiger partial charge < -0.3 is 16.0 Å². The van der Waals surface area contributed by atoms with E-state index >= 15 is 0 Å². The van der Waals surface area contributed by atoms with E-state index in [1.807, 2.05) is 39.0 Å². The van der Waals surface area contributed by atoms with E-state index in [0.717, 1.165) is 24.6 Å². The maximum absolute atomic E-state index is 11.7. The summed E-state index contributed by atoms with van der Waals surface area (Å²) >= 11 is 0. The molecule has 1 aromatic heterocycles. The normalized spacial score (nSPS) is 11.4. The Morgan fingerprint density at radius 1 is 1.13 bits per heavy atom. The second kappa shape index (κ2) is 11.2. The summed E-state index contributed by atoms with van der Waals surface area (Å²) in [6, 6.07) is 5.89. The molecule has 3 N–H and O–H groups in total. The van der Waals surface area contributed by atoms with Gasteiger partial charge in [0.15, 0.2) is 5.96 Å². The highest BCUT2D eigenvalue weighted by Crippen LogP contribution is 2.11. The van der Waals surface area contributed by atoms with Crippen LogP contribution in [0.1, 0.15) is 26.5 Å². The summed E-state index contributed by atoms with van der Waals surface area (Å²) in [4.78, 5) is 20.1. The Morgan fingerprint density at radius 2 is 1.78 bits per heavy atom. The maximum atomic E-state index is 11.7. The number of hydrogen-bond donors (Lipinski definition) is 3. The minimum absolute atomic E-state index is 0. The molecule has 0 aliphatic rings. The fourth-order valence-corrected chi connectivity index (χ4v) is 1.70. The van der Waals surface area contributed by atoms with Crippen LogP contribution in [0.25, 0.3) is 0 Å². The van der Waals surface area contributed by atoms with E-state index < -0.39 is 0 Å². The molecule has 0 fully saturated rings. The first-order valence-electron chi connectivity index (χ1n) is 7.56. The lowest BCUT2D eigenvalue weighted by molar-refractivity contribution is -0.128. The van der Waals surface area contributed by atoms with E-state index in [4.69, 9.17) is 0 Å². The lowest BCUT2D eigenvalue weighted by atomic mass is 9.96. The second-order valence-corrected chi connectivity index (χ2v) is 6.00. The fraction of sp³-hybridized carbons (Fsp3) is 0.562. The van der Waals surface area contributed by atoms with Crippen molar-refractivity contribution in [3.8, 4) is 0 Å². The predicted molar refractivity (Wildman–Crippen MR) is 105 cm³/mol. The van der Waals surface area contributed by atoms with Gasteiger partial charge in [-0.25, -0.2) is 0 Å². The monoisotopic (exact) mass is 433 g/mol. The first-order valence-corrected chi connectivity index (χ1v) is 7.56. The Kier molecular flexibility index (Phi) is 10.5. The molecule has 0 bridgehead atoms. The molecular weight excluding hydrogens is 405 g/mol. The highest BCUT2D eigenvalue weighted by Gasteiger charge is 2.20. The molecule has 130 valence electrons. The molecule has 0 saturated heterocycles. The van der Waals surface area contributed by atoms with Gasteiger partial charge in [0.05, 0.1) is 0 Å². The van der Waals surface area contributed by atoms with Gasteiger partial charge in [-0.05, 0) is 12.1 Å². The fourth-order valence-electron chi connectivity index (χ4n) is 1.70. The lowest BCUT2D eigenvalue weighted by Crippen LogP contribution is -2.43. The molecule has 0 aromatic carbocycles. The molecule has 1 amide bonds. The van der Waals surface area contributed by atoms with Crippen LogP contribution in [-0.2, 0) is 11.2 Å². The molecule has 1 rings (SSSR count). The van der Waals surface area contributed by atoms with Crippen LogP contribution in [-0.4, -0.2) is 43.5 Å². The molecule has 0 aliphatic heterocycles. The zero-order valence-corrected chi connectivity index (χ0v) is 16.7. The summed E-state index contributed by atoms with van der Waals surface area (Å²) in [5.41, 5.74) is 0.686. The largest absolute Gasteiger partial charge is 0.356 e. The van der Waals surface area contributed by atoms with Gasteiger partial charge in [-0.15, -0.1) is 24.0 Å². The minimum atomic E-state index is -0.359. The van der Waals surface area contributed by atoms with Crippen LogP contribution in [0.5, 0.6) is 0 Å². The number of aliphatic imine (C=N–C) groups is 1. The number of carbonyl (C=O) groups is 1. The van der Waals surface area contributed by atoms with Crippen molar-refractivity contribution in [1.29, 1.82) is 0 Å². The SMILES string of the molecule is CN=C(NCCNC(=O)C(C)(C)C)NCCc1ccccn1.I. The topological polar surface area (TPSA) is 78.4 Å². The number of aromatic nitrogens is 1. The number of halogens is 1. The van der Waals surface area contributed by atoms with Gasteiger partial charge >= 0.3 is 0 Å². The number of nitrogens with zero attached hydrogens (tertiary/aromatic N) is 2. The first kappa shape index (κ1) is 21.6. The highest BCUT2D eigenvalue weighted by atomic mass is 127. The van der Waals surface area contributed by atoms with Crippen LogP contribution in [0.15, 0.2) is 29.4 Å². The van der Waals surface area contributed by atoms with Crippen LogP contribution in [0.4, 0.5) is 0 Å². The molecule has 1 aromatic rings. The van der Waals surface area contributed by atoms with Crippen molar-refractivity contribution in [2.45, 2.75) is 27.2 Å². The molecule has 23 heavy (non-hydrogen) atoms. The predicted octanol–water partition coefficient (Wildman–Crippen LogP) is 1.57. The first-order chi connectivity index (χ1) is 10.4. The molecule has 6 nitrogen and oxygen atoms in total. The van der Waals surface area contributed by atoms with E-state index in [9.17, 15) is 4.79 Å². The highest BCUT2D eigenvalue weighted by molar-refractivity contribution is 14.0. The third-order valence-electron chi connectivity index (χ3n) is 3.01. The van der Waals surface area contributed by atoms with E-state index in [1.54, 1.807) is 13.2 Å². The maximum Gasteiger partial charge on any atom is 0.225 e. The Morgan fingerprint density at radius 3 is 2.35 bits per heavy atom. The van der Waals surface area contributed by atoms with Crippen molar-refractivity contribution >= 4 is 35.8 Å². The summed E-state index contributed by atoms with van der Waals surface area (Å²) in [5, 5.41) is 9.28.